The van der Waals surface area contributed by atoms with Crippen molar-refractivity contribution in [2.45, 2.75) is 38.0 Å². The second-order valence-electron chi connectivity index (χ2n) is 6.90. The smallest absolute Gasteiger partial charge is 0.337 e. The second-order valence-corrected chi connectivity index (χ2v) is 8.03. The van der Waals surface area contributed by atoms with Crippen molar-refractivity contribution in [1.29, 1.82) is 0 Å². The number of carbonyl (C=O) groups is 2. The highest BCUT2D eigenvalue weighted by Crippen LogP contribution is 2.38. The third-order valence-corrected chi connectivity index (χ3v) is 5.00. The van der Waals surface area contributed by atoms with Gasteiger partial charge in [0.25, 0.3) is 5.91 Å². The van der Waals surface area contributed by atoms with Crippen molar-refractivity contribution in [2.24, 2.45) is 11.8 Å². The number of rotatable bonds is 6. The number of benzene rings is 1. The first-order valence-electron chi connectivity index (χ1n) is 8.25. The molecule has 1 aromatic rings. The Morgan fingerprint density at radius 3 is 2.42 bits per heavy atom. The lowest BCUT2D eigenvalue weighted by molar-refractivity contribution is -0.118. The number of anilines is 1. The van der Waals surface area contributed by atoms with Crippen LogP contribution in [0.15, 0.2) is 23.1 Å². The van der Waals surface area contributed by atoms with Crippen LogP contribution in [0.3, 0.4) is 0 Å². The van der Waals surface area contributed by atoms with Crippen LogP contribution in [0.2, 0.25) is 0 Å². The van der Waals surface area contributed by atoms with E-state index in [4.69, 9.17) is 4.74 Å². The number of thioether (sulfide) groups is 1. The molecule has 2 rings (SSSR count). The predicted octanol–water partition coefficient (Wildman–Crippen LogP) is 3.46. The summed E-state index contributed by atoms with van der Waals surface area (Å²) < 4.78 is 4.73. The summed E-state index contributed by atoms with van der Waals surface area (Å²) in [6, 6.07) is 5.29. The first-order chi connectivity index (χ1) is 11.3. The van der Waals surface area contributed by atoms with Crippen LogP contribution in [0.1, 0.15) is 38.1 Å². The van der Waals surface area contributed by atoms with Crippen molar-refractivity contribution in [1.82, 2.24) is 4.90 Å². The van der Waals surface area contributed by atoms with Gasteiger partial charge >= 0.3 is 5.97 Å². The number of methoxy groups -OCH3 is 1. The van der Waals surface area contributed by atoms with Crippen molar-refractivity contribution >= 4 is 29.3 Å². The van der Waals surface area contributed by atoms with Crippen molar-refractivity contribution in [2.75, 3.05) is 25.5 Å². The Kier molecular flexibility index (Phi) is 6.29. The molecule has 0 bridgehead atoms. The fraction of sp³-hybridized carbons (Fsp3) is 0.556. The molecule has 1 aliphatic rings. The zero-order chi connectivity index (χ0) is 17.9. The molecule has 5 nitrogen and oxygen atoms in total. The summed E-state index contributed by atoms with van der Waals surface area (Å²) in [6.07, 6.45) is 0. The SMILES string of the molecule is COC(=O)c1ccc2c(c1)NC(=O)[C@H](N(CC(C)C)CC(C)C)S2. The molecular weight excluding hydrogens is 324 g/mol. The Morgan fingerprint density at radius 2 is 1.88 bits per heavy atom. The first-order valence-corrected chi connectivity index (χ1v) is 9.13. The van der Waals surface area contributed by atoms with Crippen LogP contribution < -0.4 is 5.32 Å². The maximum Gasteiger partial charge on any atom is 0.337 e. The number of nitrogens with zero attached hydrogens (tertiary/aromatic N) is 1. The second kappa shape index (κ2) is 8.03. The number of hydrogen-bond acceptors (Lipinski definition) is 5. The maximum atomic E-state index is 12.6. The summed E-state index contributed by atoms with van der Waals surface area (Å²) in [5.41, 5.74) is 1.12. The third kappa shape index (κ3) is 4.51. The number of esters is 1. The minimum absolute atomic E-state index is 0.0317. The molecule has 1 aliphatic heterocycles. The van der Waals surface area contributed by atoms with Crippen molar-refractivity contribution in [3.63, 3.8) is 0 Å². The lowest BCUT2D eigenvalue weighted by atomic mass is 10.1. The minimum Gasteiger partial charge on any atom is -0.465 e. The van der Waals surface area contributed by atoms with Gasteiger partial charge in [-0.1, -0.05) is 39.5 Å². The molecule has 0 unspecified atom stereocenters. The lowest BCUT2D eigenvalue weighted by Gasteiger charge is -2.35. The molecule has 0 fully saturated rings. The van der Waals surface area contributed by atoms with Gasteiger partial charge in [-0.2, -0.15) is 0 Å². The molecule has 1 atom stereocenters. The van der Waals surface area contributed by atoms with Gasteiger partial charge in [-0.15, -0.1) is 0 Å². The van der Waals surface area contributed by atoms with E-state index in [9.17, 15) is 9.59 Å². The number of carbonyl (C=O) groups excluding carboxylic acids is 2. The van der Waals surface area contributed by atoms with Gasteiger partial charge in [-0.05, 0) is 30.0 Å². The van der Waals surface area contributed by atoms with Gasteiger partial charge in [0.2, 0.25) is 0 Å². The maximum absolute atomic E-state index is 12.6. The molecule has 132 valence electrons. The van der Waals surface area contributed by atoms with Crippen LogP contribution in [-0.4, -0.2) is 42.3 Å². The van der Waals surface area contributed by atoms with Gasteiger partial charge in [-0.3, -0.25) is 9.69 Å². The van der Waals surface area contributed by atoms with Gasteiger partial charge in [0.1, 0.15) is 5.37 Å². The normalized spacial score (nSPS) is 17.2. The average Bonchev–Trinajstić information content (AvgIpc) is 2.51. The Morgan fingerprint density at radius 1 is 1.25 bits per heavy atom. The lowest BCUT2D eigenvalue weighted by Crippen LogP contribution is -2.46. The Balaban J connectivity index is 2.24. The fourth-order valence-corrected chi connectivity index (χ4v) is 3.90. The zero-order valence-electron chi connectivity index (χ0n) is 15.0. The summed E-state index contributed by atoms with van der Waals surface area (Å²) in [7, 11) is 1.35. The fourth-order valence-electron chi connectivity index (χ4n) is 2.79. The van der Waals surface area contributed by atoms with E-state index in [0.29, 0.717) is 23.1 Å². The van der Waals surface area contributed by atoms with Crippen molar-refractivity contribution in [3.8, 4) is 0 Å². The molecule has 24 heavy (non-hydrogen) atoms. The van der Waals surface area contributed by atoms with E-state index in [2.05, 4.69) is 37.9 Å². The molecule has 1 N–H and O–H groups in total. The Hall–Kier alpha value is -1.53. The van der Waals surface area contributed by atoms with Gasteiger partial charge in [0.05, 0.1) is 18.4 Å². The van der Waals surface area contributed by atoms with Gasteiger partial charge in [-0.25, -0.2) is 4.79 Å². The van der Waals surface area contributed by atoms with E-state index in [1.807, 2.05) is 6.07 Å². The van der Waals surface area contributed by atoms with E-state index in [-0.39, 0.29) is 11.3 Å². The van der Waals surface area contributed by atoms with E-state index >= 15 is 0 Å². The Labute approximate surface area is 148 Å². The monoisotopic (exact) mass is 350 g/mol. The zero-order valence-corrected chi connectivity index (χ0v) is 15.8. The van der Waals surface area contributed by atoms with Gasteiger partial charge in [0.15, 0.2) is 0 Å². The molecule has 0 aliphatic carbocycles. The summed E-state index contributed by atoms with van der Waals surface area (Å²) >= 11 is 1.55. The van der Waals surface area contributed by atoms with Gasteiger partial charge < -0.3 is 10.1 Å². The van der Waals surface area contributed by atoms with Crippen molar-refractivity contribution < 1.29 is 14.3 Å². The number of amides is 1. The average molecular weight is 350 g/mol. The molecule has 1 aromatic carbocycles. The largest absolute Gasteiger partial charge is 0.465 e. The van der Waals surface area contributed by atoms with Crippen LogP contribution in [0.4, 0.5) is 5.69 Å². The highest BCUT2D eigenvalue weighted by Gasteiger charge is 2.33. The third-order valence-electron chi connectivity index (χ3n) is 3.65. The van der Waals surface area contributed by atoms with E-state index in [1.165, 1.54) is 7.11 Å². The van der Waals surface area contributed by atoms with Crippen LogP contribution in [0.5, 0.6) is 0 Å². The van der Waals surface area contributed by atoms with E-state index < -0.39 is 5.97 Å². The molecule has 1 amide bonds. The molecule has 6 heteroatoms. The highest BCUT2D eigenvalue weighted by molar-refractivity contribution is 8.00. The predicted molar refractivity (Wildman–Crippen MR) is 97.3 cm³/mol. The quantitative estimate of drug-likeness (QED) is 0.796. The number of ether oxygens (including phenoxy) is 1. The molecular formula is C18H26N2O3S. The van der Waals surface area contributed by atoms with E-state index in [1.54, 1.807) is 23.9 Å². The molecule has 0 spiro atoms. The van der Waals surface area contributed by atoms with Crippen LogP contribution >= 0.6 is 11.8 Å². The highest BCUT2D eigenvalue weighted by atomic mass is 32.2. The topological polar surface area (TPSA) is 58.6 Å². The summed E-state index contributed by atoms with van der Waals surface area (Å²) in [5, 5.41) is 2.70. The first kappa shape index (κ1) is 18.8. The standard InChI is InChI=1S/C18H26N2O3S/c1-11(2)9-20(10-12(3)4)17-16(21)19-14-8-13(18(22)23-5)6-7-15(14)24-17/h6-8,11-12,17H,9-10H2,1-5H3,(H,19,21)/t17-/m1/s1. The summed E-state index contributed by atoms with van der Waals surface area (Å²) in [6.45, 7) is 10.4. The number of nitrogens with one attached hydrogen (secondary N) is 1. The van der Waals surface area contributed by atoms with E-state index in [0.717, 1.165) is 18.0 Å². The number of hydrogen-bond donors (Lipinski definition) is 1. The Bertz CT molecular complexity index is 606. The molecule has 1 heterocycles. The number of fused-ring (bicyclic) bond motifs is 1. The molecule has 0 radical (unpaired) electrons. The van der Waals surface area contributed by atoms with Crippen molar-refractivity contribution in [3.05, 3.63) is 23.8 Å². The summed E-state index contributed by atoms with van der Waals surface area (Å²) in [5.74, 6) is 0.539. The van der Waals surface area contributed by atoms with Gasteiger partial charge in [0, 0.05) is 18.0 Å². The summed E-state index contributed by atoms with van der Waals surface area (Å²) in [4.78, 5) is 27.5. The molecule has 0 saturated carbocycles. The molecule has 0 saturated heterocycles. The van der Waals surface area contributed by atoms with Crippen LogP contribution in [-0.2, 0) is 9.53 Å². The van der Waals surface area contributed by atoms with Crippen LogP contribution in [0.25, 0.3) is 0 Å². The minimum atomic E-state index is -0.402. The molecule has 0 aromatic heterocycles. The van der Waals surface area contributed by atoms with Crippen LogP contribution in [0, 0.1) is 11.8 Å².